The van der Waals surface area contributed by atoms with Gasteiger partial charge < -0.3 is 23.7 Å². The molecule has 0 aliphatic carbocycles. The fraction of sp³-hybridized carbons (Fsp3) is 0.143. The highest BCUT2D eigenvalue weighted by molar-refractivity contribution is 6.00. The number of esters is 1. The highest BCUT2D eigenvalue weighted by atomic mass is 16.6. The van der Waals surface area contributed by atoms with E-state index >= 15 is 0 Å². The maximum atomic E-state index is 12.7. The zero-order chi connectivity index (χ0) is 24.5. The van der Waals surface area contributed by atoms with E-state index in [0.29, 0.717) is 28.5 Å². The molecule has 1 amide bonds. The Hall–Kier alpha value is -4.52. The molecule has 0 saturated carbocycles. The molecule has 5 rings (SSSR count). The summed E-state index contributed by atoms with van der Waals surface area (Å²) in [7, 11) is 3.24. The van der Waals surface area contributed by atoms with Crippen molar-refractivity contribution < 1.29 is 23.8 Å². The third kappa shape index (κ3) is 4.01. The summed E-state index contributed by atoms with van der Waals surface area (Å²) in [5.41, 5.74) is 2.47. The first-order valence-corrected chi connectivity index (χ1v) is 11.3. The van der Waals surface area contributed by atoms with E-state index in [1.165, 1.54) is 4.90 Å². The highest BCUT2D eigenvalue weighted by Crippen LogP contribution is 2.41. The molecule has 0 bridgehead atoms. The lowest BCUT2D eigenvalue weighted by molar-refractivity contribution is 0.0526. The molecule has 0 unspecified atom stereocenters. The van der Waals surface area contributed by atoms with Crippen LogP contribution in [-0.2, 0) is 9.47 Å². The lowest BCUT2D eigenvalue weighted by Gasteiger charge is -2.17. The molecule has 0 atom stereocenters. The quantitative estimate of drug-likeness (QED) is 0.358. The van der Waals surface area contributed by atoms with Crippen molar-refractivity contribution in [3.05, 3.63) is 95.8 Å². The smallest absolute Gasteiger partial charge is 0.414 e. The summed E-state index contributed by atoms with van der Waals surface area (Å²) in [5, 5.41) is 1.95. The number of fused-ring (bicyclic) bond motifs is 4. The number of hydrogen-bond donors (Lipinski definition) is 0. The Morgan fingerprint density at radius 1 is 0.971 bits per heavy atom. The van der Waals surface area contributed by atoms with Gasteiger partial charge in [0.15, 0.2) is 17.3 Å². The summed E-state index contributed by atoms with van der Waals surface area (Å²) >= 11 is 0. The first-order chi connectivity index (χ1) is 17.0. The van der Waals surface area contributed by atoms with Gasteiger partial charge in [0, 0.05) is 25.9 Å². The first-order valence-electron chi connectivity index (χ1n) is 11.3. The third-order valence-corrected chi connectivity index (χ3v) is 5.72. The summed E-state index contributed by atoms with van der Waals surface area (Å²) in [6.07, 6.45) is 1.32. The van der Waals surface area contributed by atoms with E-state index in [0.717, 1.165) is 16.3 Å². The van der Waals surface area contributed by atoms with Crippen molar-refractivity contribution in [2.45, 2.75) is 6.92 Å². The normalized spacial score (nSPS) is 12.3. The van der Waals surface area contributed by atoms with Crippen LogP contribution >= 0.6 is 0 Å². The number of benzene rings is 3. The lowest BCUT2D eigenvalue weighted by atomic mass is 10.0. The van der Waals surface area contributed by atoms with Crippen molar-refractivity contribution in [2.75, 3.05) is 20.7 Å². The van der Waals surface area contributed by atoms with Crippen molar-refractivity contribution in [1.29, 1.82) is 0 Å². The van der Waals surface area contributed by atoms with Gasteiger partial charge in [-0.1, -0.05) is 42.5 Å². The Morgan fingerprint density at radius 2 is 1.77 bits per heavy atom. The summed E-state index contributed by atoms with van der Waals surface area (Å²) in [4.78, 5) is 26.5. The molecule has 1 aromatic heterocycles. The number of hydrogen-bond acceptors (Lipinski definition) is 5. The molecule has 1 aliphatic rings. The van der Waals surface area contributed by atoms with Crippen LogP contribution in [0.2, 0.25) is 0 Å². The maximum Gasteiger partial charge on any atom is 0.414 e. The topological polar surface area (TPSA) is 70.0 Å². The predicted octanol–water partition coefficient (Wildman–Crippen LogP) is 5.72. The molecule has 1 aliphatic heterocycles. The Kier molecular flexibility index (Phi) is 5.74. The SMILES string of the molecule is CCOC(=O)c1ccc2c(c1)OC(c1cccc3ccccc13)=C(OC(=O)N(C)C)c1cccn1-2. The Balaban J connectivity index is 1.78. The van der Waals surface area contributed by atoms with Gasteiger partial charge in [0.1, 0.15) is 0 Å². The van der Waals surface area contributed by atoms with Crippen LogP contribution in [0.5, 0.6) is 5.75 Å². The van der Waals surface area contributed by atoms with E-state index in [1.54, 1.807) is 39.2 Å². The van der Waals surface area contributed by atoms with Crippen molar-refractivity contribution in [3.63, 3.8) is 0 Å². The molecule has 0 spiro atoms. The van der Waals surface area contributed by atoms with Crippen LogP contribution in [-0.4, -0.2) is 42.2 Å². The molecular formula is C28H24N2O5. The Morgan fingerprint density at radius 3 is 2.57 bits per heavy atom. The van der Waals surface area contributed by atoms with Crippen LogP contribution in [0.3, 0.4) is 0 Å². The minimum Gasteiger partial charge on any atom is -0.462 e. The van der Waals surface area contributed by atoms with Crippen LogP contribution in [0.15, 0.2) is 79.0 Å². The average molecular weight is 469 g/mol. The zero-order valence-electron chi connectivity index (χ0n) is 19.6. The second-order valence-electron chi connectivity index (χ2n) is 8.22. The summed E-state index contributed by atoms with van der Waals surface area (Å²) in [6, 6.07) is 22.7. The molecule has 3 aromatic carbocycles. The summed E-state index contributed by atoms with van der Waals surface area (Å²) in [6.45, 7) is 2.03. The summed E-state index contributed by atoms with van der Waals surface area (Å²) in [5.74, 6) is 0.647. The molecule has 4 aromatic rings. The second-order valence-corrected chi connectivity index (χ2v) is 8.22. The molecular weight excluding hydrogens is 444 g/mol. The molecule has 0 saturated heterocycles. The number of rotatable bonds is 4. The van der Waals surface area contributed by atoms with Crippen molar-refractivity contribution in [3.8, 4) is 11.4 Å². The van der Waals surface area contributed by atoms with Gasteiger partial charge in [-0.05, 0) is 48.0 Å². The molecule has 2 heterocycles. The molecule has 176 valence electrons. The Labute approximate surface area is 202 Å². The van der Waals surface area contributed by atoms with Crippen LogP contribution in [0.4, 0.5) is 4.79 Å². The second kappa shape index (κ2) is 9.02. The van der Waals surface area contributed by atoms with Gasteiger partial charge in [-0.25, -0.2) is 9.59 Å². The highest BCUT2D eigenvalue weighted by Gasteiger charge is 2.29. The number of amides is 1. The Bertz CT molecular complexity index is 1480. The number of ether oxygens (including phenoxy) is 3. The fourth-order valence-corrected chi connectivity index (χ4v) is 4.06. The van der Waals surface area contributed by atoms with Gasteiger partial charge in [0.25, 0.3) is 0 Å². The monoisotopic (exact) mass is 468 g/mol. The molecule has 0 radical (unpaired) electrons. The van der Waals surface area contributed by atoms with Gasteiger partial charge in [0.05, 0.1) is 23.6 Å². The van der Waals surface area contributed by atoms with E-state index in [-0.39, 0.29) is 12.4 Å². The first kappa shape index (κ1) is 22.3. The van der Waals surface area contributed by atoms with Crippen LogP contribution < -0.4 is 4.74 Å². The number of aromatic nitrogens is 1. The fourth-order valence-electron chi connectivity index (χ4n) is 4.06. The van der Waals surface area contributed by atoms with Gasteiger partial charge in [-0.15, -0.1) is 0 Å². The molecule has 0 fully saturated rings. The van der Waals surface area contributed by atoms with Gasteiger partial charge >= 0.3 is 12.1 Å². The molecule has 7 heteroatoms. The van der Waals surface area contributed by atoms with E-state index in [2.05, 4.69) is 0 Å². The minimum absolute atomic E-state index is 0.268. The van der Waals surface area contributed by atoms with Crippen molar-refractivity contribution in [1.82, 2.24) is 9.47 Å². The van der Waals surface area contributed by atoms with E-state index < -0.39 is 12.1 Å². The summed E-state index contributed by atoms with van der Waals surface area (Å²) < 4.78 is 19.5. The van der Waals surface area contributed by atoms with Crippen LogP contribution in [0.1, 0.15) is 28.5 Å². The molecule has 7 nitrogen and oxygen atoms in total. The number of nitrogens with zero attached hydrogens (tertiary/aromatic N) is 2. The lowest BCUT2D eigenvalue weighted by Crippen LogP contribution is -2.23. The standard InChI is InChI=1S/C28H24N2O5/c1-4-33-27(31)19-14-15-22-24(17-19)34-25(21-12-7-10-18-9-5-6-11-20(18)21)26(35-28(32)29(2)3)23-13-8-16-30(22)23/h5-17H,4H2,1-3H3. The van der Waals surface area contributed by atoms with Gasteiger partial charge in [-0.3, -0.25) is 0 Å². The predicted molar refractivity (Wildman–Crippen MR) is 133 cm³/mol. The third-order valence-electron chi connectivity index (χ3n) is 5.72. The zero-order valence-corrected chi connectivity index (χ0v) is 19.6. The molecule has 35 heavy (non-hydrogen) atoms. The molecule has 0 N–H and O–H groups in total. The minimum atomic E-state index is -0.535. The maximum absolute atomic E-state index is 12.7. The van der Waals surface area contributed by atoms with E-state index in [9.17, 15) is 9.59 Å². The van der Waals surface area contributed by atoms with Crippen molar-refractivity contribution in [2.24, 2.45) is 0 Å². The van der Waals surface area contributed by atoms with E-state index in [4.69, 9.17) is 14.2 Å². The van der Waals surface area contributed by atoms with Crippen LogP contribution in [0.25, 0.3) is 28.0 Å². The van der Waals surface area contributed by atoms with Gasteiger partial charge in [-0.2, -0.15) is 0 Å². The van der Waals surface area contributed by atoms with Crippen LogP contribution in [0, 0.1) is 0 Å². The van der Waals surface area contributed by atoms with E-state index in [1.807, 2.05) is 65.4 Å². The van der Waals surface area contributed by atoms with Gasteiger partial charge in [0.2, 0.25) is 0 Å². The number of carbonyl (C=O) groups is 2. The average Bonchev–Trinajstić information content (AvgIpc) is 3.30. The number of carbonyl (C=O) groups excluding carboxylic acids is 2. The largest absolute Gasteiger partial charge is 0.462 e. The van der Waals surface area contributed by atoms with Crippen molar-refractivity contribution >= 4 is 34.4 Å².